The predicted octanol–water partition coefficient (Wildman–Crippen LogP) is 2.88. The van der Waals surface area contributed by atoms with Gasteiger partial charge in [-0.25, -0.2) is 0 Å². The van der Waals surface area contributed by atoms with Crippen LogP contribution in [0.4, 0.5) is 0 Å². The summed E-state index contributed by atoms with van der Waals surface area (Å²) in [5.74, 6) is 0.754. The summed E-state index contributed by atoms with van der Waals surface area (Å²) in [6, 6.07) is 2.17. The molecule has 3 unspecified atom stereocenters. The highest BCUT2D eigenvalue weighted by Gasteiger charge is 2.31. The van der Waals surface area contributed by atoms with Crippen molar-refractivity contribution >= 4 is 0 Å². The van der Waals surface area contributed by atoms with Crippen LogP contribution in [0.3, 0.4) is 0 Å². The Morgan fingerprint density at radius 2 is 1.94 bits per heavy atom. The Kier molecular flexibility index (Phi) is 5.77. The first-order valence-corrected chi connectivity index (χ1v) is 7.09. The maximum atomic E-state index is 3.72. The third kappa shape index (κ3) is 3.46. The summed E-state index contributed by atoms with van der Waals surface area (Å²) in [5, 5.41) is 3.72. The van der Waals surface area contributed by atoms with Crippen LogP contribution in [0.25, 0.3) is 0 Å². The second-order valence-electron chi connectivity index (χ2n) is 5.66. The van der Waals surface area contributed by atoms with Gasteiger partial charge in [0.2, 0.25) is 0 Å². The van der Waals surface area contributed by atoms with Crippen LogP contribution in [-0.2, 0) is 0 Å². The zero-order chi connectivity index (χ0) is 12.1. The number of hydrogen-bond acceptors (Lipinski definition) is 2. The van der Waals surface area contributed by atoms with Crippen molar-refractivity contribution in [3.63, 3.8) is 0 Å². The molecule has 1 heterocycles. The first kappa shape index (κ1) is 14.0. The van der Waals surface area contributed by atoms with Crippen LogP contribution in [0.15, 0.2) is 0 Å². The Morgan fingerprint density at radius 3 is 2.44 bits per heavy atom. The van der Waals surface area contributed by atoms with E-state index in [2.05, 4.69) is 44.8 Å². The fourth-order valence-corrected chi connectivity index (χ4v) is 2.76. The molecule has 0 saturated carbocycles. The molecule has 0 aliphatic carbocycles. The molecule has 16 heavy (non-hydrogen) atoms. The minimum atomic E-state index is 0.717. The van der Waals surface area contributed by atoms with Crippen molar-refractivity contribution in [2.75, 3.05) is 13.1 Å². The molecule has 3 atom stereocenters. The quantitative estimate of drug-likeness (QED) is 0.775. The molecule has 1 fully saturated rings. The number of piperazine rings is 1. The Morgan fingerprint density at radius 1 is 1.25 bits per heavy atom. The Balaban J connectivity index is 2.61. The summed E-state index contributed by atoms with van der Waals surface area (Å²) in [6.07, 6.45) is 3.87. The smallest absolute Gasteiger partial charge is 0.0247 e. The summed E-state index contributed by atoms with van der Waals surface area (Å²) >= 11 is 0. The monoisotopic (exact) mass is 226 g/mol. The van der Waals surface area contributed by atoms with Crippen LogP contribution in [0, 0.1) is 5.92 Å². The molecule has 96 valence electrons. The molecule has 0 amide bonds. The van der Waals surface area contributed by atoms with Crippen LogP contribution in [0.2, 0.25) is 0 Å². The van der Waals surface area contributed by atoms with E-state index in [9.17, 15) is 0 Å². The second-order valence-corrected chi connectivity index (χ2v) is 5.66. The summed E-state index contributed by atoms with van der Waals surface area (Å²) < 4.78 is 0. The van der Waals surface area contributed by atoms with Crippen LogP contribution >= 0.6 is 0 Å². The minimum Gasteiger partial charge on any atom is -0.311 e. The van der Waals surface area contributed by atoms with Gasteiger partial charge in [-0.2, -0.15) is 0 Å². The largest absolute Gasteiger partial charge is 0.311 e. The van der Waals surface area contributed by atoms with Crippen LogP contribution in [0.1, 0.15) is 53.9 Å². The van der Waals surface area contributed by atoms with Crippen molar-refractivity contribution in [1.29, 1.82) is 0 Å². The molecule has 1 rings (SSSR count). The number of nitrogens with one attached hydrogen (secondary N) is 1. The van der Waals surface area contributed by atoms with Gasteiger partial charge in [0, 0.05) is 31.2 Å². The van der Waals surface area contributed by atoms with E-state index in [4.69, 9.17) is 0 Å². The molecule has 0 aromatic carbocycles. The second kappa shape index (κ2) is 6.61. The summed E-state index contributed by atoms with van der Waals surface area (Å²) in [6.45, 7) is 14.1. The molecule has 0 spiro atoms. The molecular formula is C14H30N2. The average Bonchev–Trinajstić information content (AvgIpc) is 2.28. The summed E-state index contributed by atoms with van der Waals surface area (Å²) in [5.41, 5.74) is 0. The highest BCUT2D eigenvalue weighted by atomic mass is 15.3. The molecule has 0 aromatic heterocycles. The van der Waals surface area contributed by atoms with Gasteiger partial charge in [-0.15, -0.1) is 0 Å². The standard InChI is InChI=1S/C14H30N2/c1-6-8-13-10-16(12(5)7-2)14(9-15-13)11(3)4/h11-15H,6-10H2,1-5H3. The van der Waals surface area contributed by atoms with E-state index in [0.717, 1.165) is 18.0 Å². The summed E-state index contributed by atoms with van der Waals surface area (Å²) in [4.78, 5) is 2.74. The Labute approximate surface area is 102 Å². The Bertz CT molecular complexity index is 191. The minimum absolute atomic E-state index is 0.717. The maximum absolute atomic E-state index is 3.72. The number of rotatable bonds is 5. The molecule has 1 saturated heterocycles. The fourth-order valence-electron chi connectivity index (χ4n) is 2.76. The van der Waals surface area contributed by atoms with Gasteiger partial charge in [-0.1, -0.05) is 34.1 Å². The number of nitrogens with zero attached hydrogens (tertiary/aromatic N) is 1. The van der Waals surface area contributed by atoms with Crippen LogP contribution in [-0.4, -0.2) is 36.1 Å². The maximum Gasteiger partial charge on any atom is 0.0247 e. The van der Waals surface area contributed by atoms with Crippen molar-refractivity contribution in [2.45, 2.75) is 72.0 Å². The highest BCUT2D eigenvalue weighted by molar-refractivity contribution is 4.89. The molecule has 2 heteroatoms. The zero-order valence-electron chi connectivity index (χ0n) is 11.8. The van der Waals surface area contributed by atoms with Gasteiger partial charge in [-0.05, 0) is 25.7 Å². The molecule has 1 aliphatic heterocycles. The zero-order valence-corrected chi connectivity index (χ0v) is 11.8. The Hall–Kier alpha value is -0.0800. The third-order valence-electron chi connectivity index (χ3n) is 4.04. The van der Waals surface area contributed by atoms with Crippen molar-refractivity contribution in [3.8, 4) is 0 Å². The van der Waals surface area contributed by atoms with E-state index in [1.54, 1.807) is 0 Å². The van der Waals surface area contributed by atoms with Crippen molar-refractivity contribution < 1.29 is 0 Å². The number of hydrogen-bond donors (Lipinski definition) is 1. The normalized spacial score (nSPS) is 29.6. The van der Waals surface area contributed by atoms with Gasteiger partial charge in [0.25, 0.3) is 0 Å². The lowest BCUT2D eigenvalue weighted by Crippen LogP contribution is -2.60. The van der Waals surface area contributed by atoms with Crippen LogP contribution in [0.5, 0.6) is 0 Å². The van der Waals surface area contributed by atoms with Crippen molar-refractivity contribution in [3.05, 3.63) is 0 Å². The molecule has 0 radical (unpaired) electrons. The summed E-state index contributed by atoms with van der Waals surface area (Å²) in [7, 11) is 0. The molecule has 0 aromatic rings. The van der Waals surface area contributed by atoms with E-state index < -0.39 is 0 Å². The molecule has 1 N–H and O–H groups in total. The first-order chi connectivity index (χ1) is 7.60. The molecule has 1 aliphatic rings. The van der Waals surface area contributed by atoms with Crippen molar-refractivity contribution in [2.24, 2.45) is 5.92 Å². The molecule has 2 nitrogen and oxygen atoms in total. The lowest BCUT2D eigenvalue weighted by atomic mass is 9.95. The lowest BCUT2D eigenvalue weighted by Gasteiger charge is -2.45. The molecular weight excluding hydrogens is 196 g/mol. The van der Waals surface area contributed by atoms with Crippen molar-refractivity contribution in [1.82, 2.24) is 10.2 Å². The lowest BCUT2D eigenvalue weighted by molar-refractivity contribution is 0.0587. The predicted molar refractivity (Wildman–Crippen MR) is 71.8 cm³/mol. The van der Waals surface area contributed by atoms with E-state index in [1.807, 2.05) is 0 Å². The van der Waals surface area contributed by atoms with Gasteiger partial charge in [0.1, 0.15) is 0 Å². The molecule has 0 bridgehead atoms. The van der Waals surface area contributed by atoms with Gasteiger partial charge >= 0.3 is 0 Å². The van der Waals surface area contributed by atoms with E-state index in [1.165, 1.54) is 32.4 Å². The highest BCUT2D eigenvalue weighted by Crippen LogP contribution is 2.20. The van der Waals surface area contributed by atoms with Crippen LogP contribution < -0.4 is 5.32 Å². The van der Waals surface area contributed by atoms with Gasteiger partial charge in [0.05, 0.1) is 0 Å². The van der Waals surface area contributed by atoms with Gasteiger partial charge in [0.15, 0.2) is 0 Å². The van der Waals surface area contributed by atoms with E-state index in [0.29, 0.717) is 6.04 Å². The average molecular weight is 226 g/mol. The fraction of sp³-hybridized carbons (Fsp3) is 1.00. The third-order valence-corrected chi connectivity index (χ3v) is 4.04. The van der Waals surface area contributed by atoms with Gasteiger partial charge < -0.3 is 5.32 Å². The van der Waals surface area contributed by atoms with E-state index >= 15 is 0 Å². The first-order valence-electron chi connectivity index (χ1n) is 7.09. The SMILES string of the molecule is CCCC1CN(C(C)CC)C(C(C)C)CN1. The topological polar surface area (TPSA) is 15.3 Å². The van der Waals surface area contributed by atoms with E-state index in [-0.39, 0.29) is 0 Å². The van der Waals surface area contributed by atoms with Gasteiger partial charge in [-0.3, -0.25) is 4.90 Å².